The van der Waals surface area contributed by atoms with Gasteiger partial charge in [-0.25, -0.2) is 15.0 Å². The highest BCUT2D eigenvalue weighted by atomic mass is 14.8. The summed E-state index contributed by atoms with van der Waals surface area (Å²) in [4.78, 5) is 15.7. The van der Waals surface area contributed by atoms with Gasteiger partial charge in [-0.3, -0.25) is 0 Å². The number of fused-ring (bicyclic) bond motifs is 2. The maximum absolute atomic E-state index is 5.24. The minimum absolute atomic E-state index is 0.785. The maximum Gasteiger partial charge on any atom is 0.0966 e. The molecule has 6 aromatic carbocycles. The molecule has 0 spiro atoms. The molecule has 0 amide bonds. The lowest BCUT2D eigenvalue weighted by atomic mass is 10.0. The summed E-state index contributed by atoms with van der Waals surface area (Å²) in [7, 11) is 0. The number of hydrogen-bond acceptors (Lipinski definition) is 3. The quantitative estimate of drug-likeness (QED) is 0.195. The fourth-order valence-corrected chi connectivity index (χ4v) is 5.28. The van der Waals surface area contributed by atoms with Gasteiger partial charge < -0.3 is 0 Å². The highest BCUT2D eigenvalue weighted by Crippen LogP contribution is 2.29. The molecule has 198 valence electrons. The normalized spacial score (nSPS) is 12.1. The standard InChI is InChI=1S/C39H27N3/c1-3-16-30(17-4-1)38(41-34-24-11-20-28-14-7-9-22-32(28)34)36-26-13-27-37(40-36)39(31-18-5-2-6-19-31)42-35-25-12-21-29-15-8-10-23-33(29)35/h1-27H. The second-order valence-electron chi connectivity index (χ2n) is 10.1. The van der Waals surface area contributed by atoms with Crippen LogP contribution in [0.3, 0.4) is 0 Å². The Labute approximate surface area is 245 Å². The van der Waals surface area contributed by atoms with Crippen LogP contribution in [0.25, 0.3) is 21.5 Å². The van der Waals surface area contributed by atoms with Crippen LogP contribution in [-0.4, -0.2) is 16.4 Å². The van der Waals surface area contributed by atoms with Crippen LogP contribution in [0.1, 0.15) is 22.5 Å². The van der Waals surface area contributed by atoms with E-state index in [-0.39, 0.29) is 0 Å². The summed E-state index contributed by atoms with van der Waals surface area (Å²) in [6.07, 6.45) is 0. The fraction of sp³-hybridized carbons (Fsp3) is 0. The van der Waals surface area contributed by atoms with E-state index in [4.69, 9.17) is 15.0 Å². The van der Waals surface area contributed by atoms with Gasteiger partial charge in [-0.2, -0.15) is 0 Å². The summed E-state index contributed by atoms with van der Waals surface area (Å²) >= 11 is 0. The lowest BCUT2D eigenvalue weighted by Crippen LogP contribution is -2.11. The summed E-state index contributed by atoms with van der Waals surface area (Å²) in [5, 5.41) is 4.52. The van der Waals surface area contributed by atoms with Crippen LogP contribution in [0.5, 0.6) is 0 Å². The number of pyridine rings is 1. The van der Waals surface area contributed by atoms with Gasteiger partial charge in [0.05, 0.1) is 34.2 Å². The Kier molecular flexibility index (Phi) is 6.89. The summed E-state index contributed by atoms with van der Waals surface area (Å²) in [5.41, 5.74) is 7.02. The van der Waals surface area contributed by atoms with E-state index in [0.717, 1.165) is 66.9 Å². The molecule has 7 rings (SSSR count). The van der Waals surface area contributed by atoms with Gasteiger partial charge in [-0.05, 0) is 35.0 Å². The van der Waals surface area contributed by atoms with Crippen LogP contribution < -0.4 is 0 Å². The van der Waals surface area contributed by atoms with Crippen molar-refractivity contribution in [2.24, 2.45) is 9.98 Å². The van der Waals surface area contributed by atoms with Gasteiger partial charge in [0.2, 0.25) is 0 Å². The molecule has 0 aliphatic carbocycles. The molecule has 1 heterocycles. The van der Waals surface area contributed by atoms with Crippen molar-refractivity contribution in [2.75, 3.05) is 0 Å². The zero-order valence-corrected chi connectivity index (χ0v) is 22.9. The molecule has 0 fully saturated rings. The minimum Gasteiger partial charge on any atom is -0.245 e. The molecule has 0 atom stereocenters. The van der Waals surface area contributed by atoms with Crippen LogP contribution in [0.4, 0.5) is 11.4 Å². The summed E-state index contributed by atoms with van der Waals surface area (Å²) in [6.45, 7) is 0. The Balaban J connectivity index is 1.42. The van der Waals surface area contributed by atoms with E-state index in [1.54, 1.807) is 0 Å². The molecule has 0 saturated carbocycles. The lowest BCUT2D eigenvalue weighted by Gasteiger charge is -2.12. The van der Waals surface area contributed by atoms with E-state index < -0.39 is 0 Å². The van der Waals surface area contributed by atoms with Gasteiger partial charge in [0.15, 0.2) is 0 Å². The van der Waals surface area contributed by atoms with Gasteiger partial charge in [-0.15, -0.1) is 0 Å². The van der Waals surface area contributed by atoms with Crippen LogP contribution in [-0.2, 0) is 0 Å². The van der Waals surface area contributed by atoms with Gasteiger partial charge in [-0.1, -0.05) is 140 Å². The molecule has 7 aromatic rings. The van der Waals surface area contributed by atoms with E-state index in [1.165, 1.54) is 0 Å². The molecule has 0 saturated heterocycles. The zero-order chi connectivity index (χ0) is 28.1. The Morgan fingerprint density at radius 3 is 1.21 bits per heavy atom. The molecule has 3 heteroatoms. The van der Waals surface area contributed by atoms with Crippen LogP contribution in [0.15, 0.2) is 174 Å². The van der Waals surface area contributed by atoms with Crippen molar-refractivity contribution >= 4 is 44.3 Å². The second-order valence-corrected chi connectivity index (χ2v) is 10.1. The number of nitrogens with zero attached hydrogens (tertiary/aromatic N) is 3. The van der Waals surface area contributed by atoms with E-state index >= 15 is 0 Å². The van der Waals surface area contributed by atoms with Crippen molar-refractivity contribution in [1.29, 1.82) is 0 Å². The largest absolute Gasteiger partial charge is 0.245 e. The van der Waals surface area contributed by atoms with E-state index in [0.29, 0.717) is 0 Å². The SMILES string of the molecule is c1ccc(C(=Nc2cccc3ccccc23)c2cccc(C(=Nc3cccc4ccccc34)c3ccccc3)n2)cc1. The fourth-order valence-electron chi connectivity index (χ4n) is 5.28. The van der Waals surface area contributed by atoms with Gasteiger partial charge in [0, 0.05) is 21.9 Å². The Morgan fingerprint density at radius 1 is 0.357 bits per heavy atom. The molecule has 1 aromatic heterocycles. The molecule has 0 unspecified atom stereocenters. The number of aliphatic imine (C=N–C) groups is 2. The van der Waals surface area contributed by atoms with Crippen molar-refractivity contribution in [3.8, 4) is 0 Å². The number of rotatable bonds is 6. The predicted octanol–water partition coefficient (Wildman–Crippen LogP) is 9.73. The Morgan fingerprint density at radius 2 is 0.738 bits per heavy atom. The Bertz CT molecular complexity index is 1920. The first kappa shape index (κ1) is 25.3. The smallest absolute Gasteiger partial charge is 0.0966 e. The third kappa shape index (κ3) is 5.12. The summed E-state index contributed by atoms with van der Waals surface area (Å²) in [6, 6.07) is 55.8. The number of benzene rings is 6. The molecular weight excluding hydrogens is 510 g/mol. The van der Waals surface area contributed by atoms with Gasteiger partial charge >= 0.3 is 0 Å². The molecule has 0 radical (unpaired) electrons. The summed E-state index contributed by atoms with van der Waals surface area (Å²) < 4.78 is 0. The van der Waals surface area contributed by atoms with Crippen molar-refractivity contribution < 1.29 is 0 Å². The van der Waals surface area contributed by atoms with Crippen LogP contribution in [0, 0.1) is 0 Å². The molecule has 42 heavy (non-hydrogen) atoms. The predicted molar refractivity (Wildman–Crippen MR) is 176 cm³/mol. The first-order valence-electron chi connectivity index (χ1n) is 14.0. The molecule has 3 nitrogen and oxygen atoms in total. The lowest BCUT2D eigenvalue weighted by molar-refractivity contribution is 1.25. The first-order chi connectivity index (χ1) is 20.8. The monoisotopic (exact) mass is 537 g/mol. The second kappa shape index (κ2) is 11.4. The third-order valence-electron chi connectivity index (χ3n) is 7.33. The van der Waals surface area contributed by atoms with Gasteiger partial charge in [0.25, 0.3) is 0 Å². The summed E-state index contributed by atoms with van der Waals surface area (Å²) in [5.74, 6) is 0. The number of hydrogen-bond donors (Lipinski definition) is 0. The van der Waals surface area contributed by atoms with Crippen molar-refractivity contribution in [3.63, 3.8) is 0 Å². The minimum atomic E-state index is 0.785. The Hall–Kier alpha value is -5.67. The van der Waals surface area contributed by atoms with Gasteiger partial charge in [0.1, 0.15) is 0 Å². The van der Waals surface area contributed by atoms with Crippen LogP contribution in [0.2, 0.25) is 0 Å². The first-order valence-corrected chi connectivity index (χ1v) is 14.0. The molecular formula is C39H27N3. The van der Waals surface area contributed by atoms with Crippen molar-refractivity contribution in [2.45, 2.75) is 0 Å². The zero-order valence-electron chi connectivity index (χ0n) is 22.9. The van der Waals surface area contributed by atoms with Crippen molar-refractivity contribution in [3.05, 3.63) is 186 Å². The molecule has 0 N–H and O–H groups in total. The highest BCUT2D eigenvalue weighted by molar-refractivity contribution is 6.17. The topological polar surface area (TPSA) is 37.6 Å². The van der Waals surface area contributed by atoms with E-state index in [9.17, 15) is 0 Å². The van der Waals surface area contributed by atoms with E-state index in [1.807, 2.05) is 54.6 Å². The number of aromatic nitrogens is 1. The molecule has 0 aliphatic rings. The third-order valence-corrected chi connectivity index (χ3v) is 7.33. The molecule has 0 bridgehead atoms. The van der Waals surface area contributed by atoms with Crippen molar-refractivity contribution in [1.82, 2.24) is 4.98 Å². The molecule has 0 aliphatic heterocycles. The average Bonchev–Trinajstić information content (AvgIpc) is 3.07. The maximum atomic E-state index is 5.24. The highest BCUT2D eigenvalue weighted by Gasteiger charge is 2.15. The van der Waals surface area contributed by atoms with Crippen LogP contribution >= 0.6 is 0 Å². The van der Waals surface area contributed by atoms with E-state index in [2.05, 4.69) is 109 Å². The average molecular weight is 538 g/mol.